The summed E-state index contributed by atoms with van der Waals surface area (Å²) in [6.45, 7) is 4.15. The van der Waals surface area contributed by atoms with Crippen molar-refractivity contribution in [1.82, 2.24) is 9.80 Å². The van der Waals surface area contributed by atoms with E-state index in [1.807, 2.05) is 4.90 Å². The van der Waals surface area contributed by atoms with Gasteiger partial charge in [0.1, 0.15) is 0 Å². The number of carboxylic acid groups (broad SMARTS) is 1. The second-order valence-corrected chi connectivity index (χ2v) is 4.29. The van der Waals surface area contributed by atoms with E-state index in [2.05, 4.69) is 4.90 Å². The van der Waals surface area contributed by atoms with Crippen molar-refractivity contribution in [2.75, 3.05) is 32.7 Å². The first-order valence-corrected chi connectivity index (χ1v) is 5.44. The third kappa shape index (κ3) is 2.25. The van der Waals surface area contributed by atoms with E-state index in [1.165, 1.54) is 19.3 Å². The molecule has 0 unspecified atom stereocenters. The molecule has 1 aliphatic carbocycles. The van der Waals surface area contributed by atoms with Crippen LogP contribution in [0.3, 0.4) is 0 Å². The Hall–Kier alpha value is -0.610. The molecule has 1 heterocycles. The van der Waals surface area contributed by atoms with Gasteiger partial charge in [-0.2, -0.15) is 0 Å². The quantitative estimate of drug-likeness (QED) is 0.705. The molecular formula is C10H18N2O2. The molecule has 0 aromatic carbocycles. The standard InChI is InChI=1S/C10H18N2O2/c13-10(14)8-11-4-6-12(7-5-11)9-2-1-3-9/h9H,1-8H2,(H,13,14). The smallest absolute Gasteiger partial charge is 0.317 e. The highest BCUT2D eigenvalue weighted by molar-refractivity contribution is 5.69. The highest BCUT2D eigenvalue weighted by Crippen LogP contribution is 2.25. The molecule has 2 aliphatic rings. The molecule has 4 heteroatoms. The van der Waals surface area contributed by atoms with E-state index in [9.17, 15) is 4.79 Å². The molecule has 1 saturated carbocycles. The van der Waals surface area contributed by atoms with Crippen molar-refractivity contribution >= 4 is 5.97 Å². The highest BCUT2D eigenvalue weighted by Gasteiger charge is 2.28. The molecule has 0 radical (unpaired) electrons. The lowest BCUT2D eigenvalue weighted by molar-refractivity contribution is -0.138. The van der Waals surface area contributed by atoms with E-state index in [4.69, 9.17) is 5.11 Å². The fourth-order valence-corrected chi connectivity index (χ4v) is 2.23. The van der Waals surface area contributed by atoms with Gasteiger partial charge in [0, 0.05) is 32.2 Å². The van der Waals surface area contributed by atoms with Gasteiger partial charge in [0.05, 0.1) is 6.54 Å². The molecule has 80 valence electrons. The van der Waals surface area contributed by atoms with Gasteiger partial charge in [-0.3, -0.25) is 14.6 Å². The molecule has 2 fully saturated rings. The third-order valence-corrected chi connectivity index (χ3v) is 3.36. The Balaban J connectivity index is 1.71. The minimum atomic E-state index is -0.706. The second-order valence-electron chi connectivity index (χ2n) is 4.29. The van der Waals surface area contributed by atoms with E-state index < -0.39 is 5.97 Å². The van der Waals surface area contributed by atoms with Crippen molar-refractivity contribution in [1.29, 1.82) is 0 Å². The normalized spacial score (nSPS) is 26.0. The van der Waals surface area contributed by atoms with Crippen LogP contribution in [0.15, 0.2) is 0 Å². The molecule has 2 rings (SSSR count). The number of hydrogen-bond acceptors (Lipinski definition) is 3. The predicted molar refractivity (Wildman–Crippen MR) is 53.3 cm³/mol. The van der Waals surface area contributed by atoms with Crippen LogP contribution in [-0.4, -0.2) is 59.6 Å². The number of hydrogen-bond donors (Lipinski definition) is 1. The summed E-state index contributed by atoms with van der Waals surface area (Å²) in [7, 11) is 0. The van der Waals surface area contributed by atoms with E-state index in [-0.39, 0.29) is 6.54 Å². The van der Waals surface area contributed by atoms with Gasteiger partial charge in [-0.25, -0.2) is 0 Å². The number of piperazine rings is 1. The van der Waals surface area contributed by atoms with Gasteiger partial charge in [-0.1, -0.05) is 6.42 Å². The largest absolute Gasteiger partial charge is 0.480 e. The van der Waals surface area contributed by atoms with E-state index in [0.717, 1.165) is 32.2 Å². The molecule has 0 amide bonds. The van der Waals surface area contributed by atoms with Crippen molar-refractivity contribution in [3.63, 3.8) is 0 Å². The molecule has 1 saturated heterocycles. The van der Waals surface area contributed by atoms with Crippen LogP contribution in [0.4, 0.5) is 0 Å². The maximum atomic E-state index is 10.5. The topological polar surface area (TPSA) is 43.8 Å². The van der Waals surface area contributed by atoms with Gasteiger partial charge in [-0.15, -0.1) is 0 Å². The number of carbonyl (C=O) groups is 1. The first-order chi connectivity index (χ1) is 6.75. The summed E-state index contributed by atoms with van der Waals surface area (Å²) in [5.74, 6) is -0.706. The molecule has 0 atom stereocenters. The van der Waals surface area contributed by atoms with Crippen molar-refractivity contribution in [3.8, 4) is 0 Å². The summed E-state index contributed by atoms with van der Waals surface area (Å²) in [5.41, 5.74) is 0. The number of aliphatic carboxylic acids is 1. The van der Waals surface area contributed by atoms with Crippen molar-refractivity contribution in [2.45, 2.75) is 25.3 Å². The molecule has 0 bridgehead atoms. The van der Waals surface area contributed by atoms with E-state index in [0.29, 0.717) is 0 Å². The molecule has 0 aromatic heterocycles. The van der Waals surface area contributed by atoms with E-state index >= 15 is 0 Å². The van der Waals surface area contributed by atoms with Crippen LogP contribution in [0.25, 0.3) is 0 Å². The molecule has 4 nitrogen and oxygen atoms in total. The Morgan fingerprint density at radius 3 is 2.29 bits per heavy atom. The van der Waals surface area contributed by atoms with Crippen LogP contribution in [0.2, 0.25) is 0 Å². The Labute approximate surface area is 84.5 Å². The minimum Gasteiger partial charge on any atom is -0.480 e. The van der Waals surface area contributed by atoms with Crippen LogP contribution in [0.1, 0.15) is 19.3 Å². The van der Waals surface area contributed by atoms with Gasteiger partial charge < -0.3 is 5.11 Å². The van der Waals surface area contributed by atoms with Crippen molar-refractivity contribution < 1.29 is 9.90 Å². The maximum Gasteiger partial charge on any atom is 0.317 e. The van der Waals surface area contributed by atoms with Gasteiger partial charge in [0.25, 0.3) is 0 Å². The summed E-state index contributed by atoms with van der Waals surface area (Å²) in [6.07, 6.45) is 4.07. The highest BCUT2D eigenvalue weighted by atomic mass is 16.4. The average Bonchev–Trinajstić information content (AvgIpc) is 2.04. The Morgan fingerprint density at radius 2 is 1.86 bits per heavy atom. The van der Waals surface area contributed by atoms with Crippen LogP contribution < -0.4 is 0 Å². The molecule has 14 heavy (non-hydrogen) atoms. The maximum absolute atomic E-state index is 10.5. The van der Waals surface area contributed by atoms with Crippen LogP contribution in [0.5, 0.6) is 0 Å². The Kier molecular flexibility index (Phi) is 3.03. The summed E-state index contributed by atoms with van der Waals surface area (Å²) in [4.78, 5) is 15.0. The second kappa shape index (κ2) is 4.28. The summed E-state index contributed by atoms with van der Waals surface area (Å²) < 4.78 is 0. The van der Waals surface area contributed by atoms with Gasteiger partial charge in [0.2, 0.25) is 0 Å². The Bertz CT molecular complexity index is 208. The molecule has 1 aliphatic heterocycles. The SMILES string of the molecule is O=C(O)CN1CCN(C2CCC2)CC1. The fourth-order valence-electron chi connectivity index (χ4n) is 2.23. The summed E-state index contributed by atoms with van der Waals surface area (Å²) >= 11 is 0. The zero-order valence-electron chi connectivity index (χ0n) is 8.48. The first-order valence-electron chi connectivity index (χ1n) is 5.44. The first kappa shape index (κ1) is 9.93. The molecular weight excluding hydrogens is 180 g/mol. The van der Waals surface area contributed by atoms with Crippen LogP contribution in [-0.2, 0) is 4.79 Å². The zero-order valence-corrected chi connectivity index (χ0v) is 8.48. The third-order valence-electron chi connectivity index (χ3n) is 3.36. The lowest BCUT2D eigenvalue weighted by atomic mass is 9.91. The molecule has 0 aromatic rings. The molecule has 1 N–H and O–H groups in total. The monoisotopic (exact) mass is 198 g/mol. The van der Waals surface area contributed by atoms with Gasteiger partial charge in [0.15, 0.2) is 0 Å². The van der Waals surface area contributed by atoms with Crippen LogP contribution >= 0.6 is 0 Å². The van der Waals surface area contributed by atoms with Gasteiger partial charge >= 0.3 is 5.97 Å². The minimum absolute atomic E-state index is 0.207. The van der Waals surface area contributed by atoms with Crippen molar-refractivity contribution in [3.05, 3.63) is 0 Å². The van der Waals surface area contributed by atoms with E-state index in [1.54, 1.807) is 0 Å². The average molecular weight is 198 g/mol. The number of carboxylic acids is 1. The fraction of sp³-hybridized carbons (Fsp3) is 0.900. The Morgan fingerprint density at radius 1 is 1.21 bits per heavy atom. The lowest BCUT2D eigenvalue weighted by Crippen LogP contribution is -2.52. The number of nitrogens with zero attached hydrogens (tertiary/aromatic N) is 2. The predicted octanol–water partition coefficient (Wildman–Crippen LogP) is 0.241. The summed E-state index contributed by atoms with van der Waals surface area (Å²) in [5, 5.41) is 8.64. The lowest BCUT2D eigenvalue weighted by Gasteiger charge is -2.42. The summed E-state index contributed by atoms with van der Waals surface area (Å²) in [6, 6.07) is 0.807. The zero-order chi connectivity index (χ0) is 9.97. The molecule has 0 spiro atoms. The van der Waals surface area contributed by atoms with Gasteiger partial charge in [-0.05, 0) is 12.8 Å². The van der Waals surface area contributed by atoms with Crippen LogP contribution in [0, 0.1) is 0 Å². The number of rotatable bonds is 3. The van der Waals surface area contributed by atoms with Crippen molar-refractivity contribution in [2.24, 2.45) is 0 Å².